The van der Waals surface area contributed by atoms with Crippen LogP contribution in [0.15, 0.2) is 4.99 Å². The minimum atomic E-state index is -1.71. The normalized spacial score (nSPS) is 14.0. The molecule has 0 aromatic carbocycles. The van der Waals surface area contributed by atoms with Crippen molar-refractivity contribution in [3.63, 3.8) is 0 Å². The zero-order valence-corrected chi connectivity index (χ0v) is 20.2. The quantitative estimate of drug-likeness (QED) is 0.0365. The van der Waals surface area contributed by atoms with Gasteiger partial charge in [0.15, 0.2) is 5.96 Å². The zero-order chi connectivity index (χ0) is 27.0. The molecular weight excluding hydrogens is 484 g/mol. The molecule has 0 saturated carbocycles. The van der Waals surface area contributed by atoms with Crippen molar-refractivity contribution in [2.75, 3.05) is 18.8 Å². The van der Waals surface area contributed by atoms with E-state index in [0.29, 0.717) is 32.2 Å². The number of aliphatic carboxylic acids is 2. The lowest BCUT2D eigenvalue weighted by atomic mass is 10.1. The lowest BCUT2D eigenvalue weighted by Gasteiger charge is -2.24. The monoisotopic (exact) mass is 520 g/mol. The molecule has 35 heavy (non-hydrogen) atoms. The first-order valence-electron chi connectivity index (χ1n) is 10.9. The number of amides is 3. The molecule has 0 spiro atoms. The molecule has 0 heterocycles. The maximum Gasteiger partial charge on any atom is 0.326 e. The van der Waals surface area contributed by atoms with E-state index >= 15 is 0 Å². The van der Waals surface area contributed by atoms with Crippen molar-refractivity contribution >= 4 is 48.2 Å². The minimum absolute atomic E-state index is 0.0988. The van der Waals surface area contributed by atoms with Gasteiger partial charge in [-0.05, 0) is 32.2 Å². The number of carboxylic acids is 2. The van der Waals surface area contributed by atoms with E-state index in [2.05, 4.69) is 28.3 Å². The Bertz CT molecular complexity index is 763. The predicted molar refractivity (Wildman–Crippen MR) is 130 cm³/mol. The summed E-state index contributed by atoms with van der Waals surface area (Å²) in [5.74, 6) is -5.65. The Morgan fingerprint density at radius 3 is 1.91 bits per heavy atom. The molecule has 0 bridgehead atoms. The second-order valence-corrected chi connectivity index (χ2v) is 8.01. The minimum Gasteiger partial charge on any atom is -0.481 e. The van der Waals surface area contributed by atoms with Crippen molar-refractivity contribution in [2.24, 2.45) is 27.9 Å². The number of hydrogen-bond acceptors (Lipinski definition) is 9. The van der Waals surface area contributed by atoms with Gasteiger partial charge in [-0.2, -0.15) is 12.6 Å². The van der Waals surface area contributed by atoms with Crippen LogP contribution in [0.1, 0.15) is 38.5 Å². The molecule has 0 radical (unpaired) electrons. The molecule has 4 unspecified atom stereocenters. The summed E-state index contributed by atoms with van der Waals surface area (Å²) in [6, 6.07) is -5.01. The first-order valence-corrected chi connectivity index (χ1v) is 11.5. The van der Waals surface area contributed by atoms with Gasteiger partial charge in [0.05, 0.1) is 12.5 Å². The van der Waals surface area contributed by atoms with Crippen molar-refractivity contribution in [1.29, 1.82) is 0 Å². The van der Waals surface area contributed by atoms with Crippen LogP contribution in [0.4, 0.5) is 0 Å². The number of rotatable bonds is 18. The van der Waals surface area contributed by atoms with Gasteiger partial charge in [0, 0.05) is 12.3 Å². The van der Waals surface area contributed by atoms with Crippen LogP contribution < -0.4 is 38.9 Å². The van der Waals surface area contributed by atoms with E-state index in [9.17, 15) is 24.0 Å². The SMILES string of the molecule is NCCCCC(N)C(=O)NC(CCCN=C(N)N)C(=O)NC(CS)C(=O)NC(CC(=O)O)C(=O)O. The van der Waals surface area contributed by atoms with Crippen LogP contribution in [-0.2, 0) is 24.0 Å². The Labute approximate surface area is 208 Å². The zero-order valence-electron chi connectivity index (χ0n) is 19.3. The van der Waals surface area contributed by atoms with Gasteiger partial charge in [0.25, 0.3) is 0 Å². The number of unbranched alkanes of at least 4 members (excludes halogenated alkanes) is 1. The van der Waals surface area contributed by atoms with Gasteiger partial charge >= 0.3 is 11.9 Å². The Morgan fingerprint density at radius 2 is 1.40 bits per heavy atom. The Hall–Kier alpha value is -3.11. The fourth-order valence-electron chi connectivity index (χ4n) is 2.80. The Morgan fingerprint density at radius 1 is 0.829 bits per heavy atom. The molecule has 0 aliphatic rings. The molecule has 0 saturated heterocycles. The predicted octanol–water partition coefficient (Wildman–Crippen LogP) is -3.56. The van der Waals surface area contributed by atoms with Crippen molar-refractivity contribution in [1.82, 2.24) is 16.0 Å². The number of nitrogens with one attached hydrogen (secondary N) is 3. The van der Waals surface area contributed by atoms with Crippen molar-refractivity contribution in [3.05, 3.63) is 0 Å². The number of carbonyl (C=O) groups excluding carboxylic acids is 3. The number of aliphatic imine (C=N–C) groups is 1. The smallest absolute Gasteiger partial charge is 0.326 e. The highest BCUT2D eigenvalue weighted by Crippen LogP contribution is 2.04. The van der Waals surface area contributed by atoms with E-state index in [1.54, 1.807) is 0 Å². The van der Waals surface area contributed by atoms with Crippen LogP contribution in [0, 0.1) is 0 Å². The standard InChI is InChI=1S/C19H36N8O7S/c20-6-2-1-4-10(21)15(30)25-11(5-3-7-24-19(22)23)16(31)27-13(9-35)17(32)26-12(18(33)34)8-14(28)29/h10-13,35H,1-9,20-21H2,(H,25,30)(H,26,32)(H,27,31)(H,28,29)(H,33,34)(H4,22,23,24). The van der Waals surface area contributed by atoms with Gasteiger partial charge in [-0.25, -0.2) is 4.79 Å². The van der Waals surface area contributed by atoms with Gasteiger partial charge in [-0.15, -0.1) is 0 Å². The summed E-state index contributed by atoms with van der Waals surface area (Å²) in [5, 5.41) is 24.9. The average molecular weight is 521 g/mol. The van der Waals surface area contributed by atoms with E-state index in [4.69, 9.17) is 33.1 Å². The molecule has 16 heteroatoms. The highest BCUT2D eigenvalue weighted by atomic mass is 32.1. The van der Waals surface area contributed by atoms with E-state index in [1.807, 2.05) is 5.32 Å². The second kappa shape index (κ2) is 17.3. The maximum absolute atomic E-state index is 12.9. The number of guanidine groups is 1. The topological polar surface area (TPSA) is 278 Å². The van der Waals surface area contributed by atoms with E-state index in [-0.39, 0.29) is 24.7 Å². The summed E-state index contributed by atoms with van der Waals surface area (Å²) in [4.78, 5) is 63.6. The van der Waals surface area contributed by atoms with E-state index in [0.717, 1.165) is 0 Å². The molecular formula is C19H36N8O7S. The summed E-state index contributed by atoms with van der Waals surface area (Å²) in [7, 11) is 0. The van der Waals surface area contributed by atoms with Crippen LogP contribution >= 0.6 is 12.6 Å². The van der Waals surface area contributed by atoms with Crippen molar-refractivity contribution < 1.29 is 34.2 Å². The van der Waals surface area contributed by atoms with Crippen LogP contribution in [-0.4, -0.2) is 88.8 Å². The lowest BCUT2D eigenvalue weighted by Crippen LogP contribution is -2.57. The van der Waals surface area contributed by atoms with Gasteiger partial charge < -0.3 is 49.1 Å². The van der Waals surface area contributed by atoms with Crippen molar-refractivity contribution in [3.8, 4) is 0 Å². The summed E-state index contributed by atoms with van der Waals surface area (Å²) in [5.41, 5.74) is 21.9. The van der Waals surface area contributed by atoms with Crippen molar-refractivity contribution in [2.45, 2.75) is 62.7 Å². The molecule has 200 valence electrons. The maximum atomic E-state index is 12.9. The van der Waals surface area contributed by atoms with Crippen LogP contribution in [0.3, 0.4) is 0 Å². The summed E-state index contributed by atoms with van der Waals surface area (Å²) >= 11 is 4.00. The van der Waals surface area contributed by atoms with Gasteiger partial charge in [0.1, 0.15) is 18.1 Å². The fourth-order valence-corrected chi connectivity index (χ4v) is 3.06. The molecule has 0 fully saturated rings. The molecule has 0 aromatic rings. The highest BCUT2D eigenvalue weighted by Gasteiger charge is 2.30. The lowest BCUT2D eigenvalue weighted by molar-refractivity contribution is -0.147. The molecule has 15 nitrogen and oxygen atoms in total. The fraction of sp³-hybridized carbons (Fsp3) is 0.684. The Kier molecular flexibility index (Phi) is 15.8. The number of nitrogens with two attached hydrogens (primary N) is 4. The van der Waals surface area contributed by atoms with Gasteiger partial charge in [0.2, 0.25) is 17.7 Å². The summed E-state index contributed by atoms with van der Waals surface area (Å²) < 4.78 is 0. The summed E-state index contributed by atoms with van der Waals surface area (Å²) in [6.45, 7) is 0.628. The second-order valence-electron chi connectivity index (χ2n) is 7.64. The molecule has 4 atom stereocenters. The van der Waals surface area contributed by atoms with Crippen LogP contribution in [0.2, 0.25) is 0 Å². The van der Waals surface area contributed by atoms with Crippen LogP contribution in [0.5, 0.6) is 0 Å². The third-order valence-electron chi connectivity index (χ3n) is 4.69. The number of carboxylic acid groups (broad SMARTS) is 2. The summed E-state index contributed by atoms with van der Waals surface area (Å²) in [6.07, 6.45) is 1.20. The number of thiol groups is 1. The first-order chi connectivity index (χ1) is 16.4. The first kappa shape index (κ1) is 31.9. The van der Waals surface area contributed by atoms with E-state index < -0.39 is 60.2 Å². The highest BCUT2D eigenvalue weighted by molar-refractivity contribution is 7.80. The van der Waals surface area contributed by atoms with Gasteiger partial charge in [-0.3, -0.25) is 24.2 Å². The van der Waals surface area contributed by atoms with E-state index in [1.165, 1.54) is 0 Å². The van der Waals surface area contributed by atoms with Crippen LogP contribution in [0.25, 0.3) is 0 Å². The number of carbonyl (C=O) groups is 5. The Balaban J connectivity index is 5.33. The third kappa shape index (κ3) is 14.0. The largest absolute Gasteiger partial charge is 0.481 e. The number of nitrogens with zero attached hydrogens (tertiary/aromatic N) is 1. The molecule has 0 aromatic heterocycles. The molecule has 0 aliphatic heterocycles. The molecule has 3 amide bonds. The third-order valence-corrected chi connectivity index (χ3v) is 5.06. The van der Waals surface area contributed by atoms with Gasteiger partial charge in [-0.1, -0.05) is 6.42 Å². The molecule has 13 N–H and O–H groups in total. The number of hydrogen-bond donors (Lipinski definition) is 10. The average Bonchev–Trinajstić information content (AvgIpc) is 2.77. The molecule has 0 aliphatic carbocycles. The molecule has 0 rings (SSSR count).